The Morgan fingerprint density at radius 1 is 1.64 bits per heavy atom. The lowest BCUT2D eigenvalue weighted by molar-refractivity contribution is 0.0509. The van der Waals surface area contributed by atoms with Gasteiger partial charge in [-0.3, -0.25) is 5.43 Å². The predicted molar refractivity (Wildman–Crippen MR) is 51.2 cm³/mol. The maximum Gasteiger partial charge on any atom is 0.407 e. The van der Waals surface area contributed by atoms with Gasteiger partial charge in [-0.25, -0.2) is 4.79 Å². The molecule has 0 aromatic rings. The van der Waals surface area contributed by atoms with E-state index in [4.69, 9.17) is 4.74 Å². The highest BCUT2D eigenvalue weighted by molar-refractivity contribution is 5.68. The van der Waals surface area contributed by atoms with Crippen molar-refractivity contribution in [3.05, 3.63) is 5.21 Å². The van der Waals surface area contributed by atoms with Crippen LogP contribution in [0.4, 0.5) is 4.79 Å². The van der Waals surface area contributed by atoms with Crippen molar-refractivity contribution < 1.29 is 9.53 Å². The van der Waals surface area contributed by atoms with E-state index >= 15 is 0 Å². The zero-order chi connectivity index (χ0) is 10.8. The summed E-state index contributed by atoms with van der Waals surface area (Å²) in [6.45, 7) is 6.07. The number of hydroxylamine groups is 1. The highest BCUT2D eigenvalue weighted by Crippen LogP contribution is 2.07. The van der Waals surface area contributed by atoms with E-state index in [1.54, 1.807) is 20.8 Å². The maximum absolute atomic E-state index is 11.2. The highest BCUT2D eigenvalue weighted by Gasteiger charge is 2.22. The number of rotatable bonds is 1. The molecule has 2 N–H and O–H groups in total. The number of hydrogen-bond acceptors (Lipinski definition) is 5. The van der Waals surface area contributed by atoms with Crippen molar-refractivity contribution in [2.24, 2.45) is 0 Å². The molecule has 1 atom stereocenters. The quantitative estimate of drug-likeness (QED) is 0.635. The Balaban J connectivity index is 2.27. The van der Waals surface area contributed by atoms with Crippen molar-refractivity contribution in [3.8, 4) is 0 Å². The Bertz CT molecular complexity index is 214. The van der Waals surface area contributed by atoms with E-state index in [1.165, 1.54) is 0 Å². The Hall–Kier alpha value is -0.850. The van der Waals surface area contributed by atoms with Gasteiger partial charge in [-0.15, -0.1) is 0 Å². The summed E-state index contributed by atoms with van der Waals surface area (Å²) in [5.74, 6) is 0. The number of hydrazine groups is 1. The van der Waals surface area contributed by atoms with Crippen molar-refractivity contribution in [3.63, 3.8) is 0 Å². The smallest absolute Gasteiger partial charge is 0.407 e. The molecule has 0 spiro atoms. The number of nitrogens with one attached hydrogen (secondary N) is 2. The molecule has 0 saturated carbocycles. The highest BCUT2D eigenvalue weighted by atomic mass is 16.6. The van der Waals surface area contributed by atoms with Crippen LogP contribution in [0, 0.1) is 5.21 Å². The summed E-state index contributed by atoms with van der Waals surface area (Å²) in [6.07, 6.45) is -0.486. The first-order valence-corrected chi connectivity index (χ1v) is 4.54. The Morgan fingerprint density at radius 2 is 2.29 bits per heavy atom. The zero-order valence-electron chi connectivity index (χ0n) is 8.66. The first kappa shape index (κ1) is 11.2. The summed E-state index contributed by atoms with van der Waals surface area (Å²) in [7, 11) is 0. The van der Waals surface area contributed by atoms with Crippen molar-refractivity contribution in [2.75, 3.05) is 13.1 Å². The zero-order valence-corrected chi connectivity index (χ0v) is 8.66. The first-order chi connectivity index (χ1) is 6.37. The molecule has 1 amide bonds. The molecule has 14 heavy (non-hydrogen) atoms. The van der Waals surface area contributed by atoms with Gasteiger partial charge >= 0.3 is 6.09 Å². The summed E-state index contributed by atoms with van der Waals surface area (Å²) < 4.78 is 5.04. The number of alkyl carbamates (subject to hydrolysis) is 1. The lowest BCUT2D eigenvalue weighted by Crippen LogP contribution is -2.41. The number of amides is 1. The summed E-state index contributed by atoms with van der Waals surface area (Å²) in [4.78, 5) is 11.2. The van der Waals surface area contributed by atoms with Gasteiger partial charge in [-0.05, 0) is 20.8 Å². The minimum absolute atomic E-state index is 0.178. The Kier molecular flexibility index (Phi) is 3.30. The molecule has 0 aliphatic carbocycles. The average Bonchev–Trinajstić information content (AvgIpc) is 2.30. The van der Waals surface area contributed by atoms with Crippen LogP contribution in [-0.2, 0) is 4.74 Å². The molecule has 0 aromatic carbocycles. The Morgan fingerprint density at radius 3 is 2.71 bits per heavy atom. The van der Waals surface area contributed by atoms with Gasteiger partial charge in [0, 0.05) is 13.1 Å². The van der Waals surface area contributed by atoms with Gasteiger partial charge in [-0.1, -0.05) is 0 Å². The minimum atomic E-state index is -0.507. The number of carbonyl (C=O) groups is 1. The van der Waals surface area contributed by atoms with Gasteiger partial charge in [0.05, 0.1) is 6.04 Å². The van der Waals surface area contributed by atoms with E-state index in [9.17, 15) is 10.0 Å². The first-order valence-electron chi connectivity index (χ1n) is 4.54. The van der Waals surface area contributed by atoms with Crippen molar-refractivity contribution in [1.29, 1.82) is 0 Å². The summed E-state index contributed by atoms with van der Waals surface area (Å²) in [5, 5.41) is 14.0. The molecular weight excluding hydrogens is 186 g/mol. The van der Waals surface area contributed by atoms with Crippen LogP contribution in [0.15, 0.2) is 0 Å². The minimum Gasteiger partial charge on any atom is -0.772 e. The van der Waals surface area contributed by atoms with E-state index in [-0.39, 0.29) is 12.6 Å². The van der Waals surface area contributed by atoms with Crippen LogP contribution >= 0.6 is 0 Å². The maximum atomic E-state index is 11.2. The molecular formula is C8H16N3O3-. The molecule has 1 heterocycles. The fourth-order valence-electron chi connectivity index (χ4n) is 1.11. The molecule has 82 valence electrons. The summed E-state index contributed by atoms with van der Waals surface area (Å²) >= 11 is 0. The van der Waals surface area contributed by atoms with Crippen LogP contribution in [0.1, 0.15) is 20.8 Å². The van der Waals surface area contributed by atoms with E-state index in [1.807, 2.05) is 0 Å². The van der Waals surface area contributed by atoms with E-state index < -0.39 is 11.7 Å². The second-order valence-electron chi connectivity index (χ2n) is 4.27. The summed E-state index contributed by atoms with van der Waals surface area (Å²) in [6, 6.07) is -0.178. The average molecular weight is 202 g/mol. The van der Waals surface area contributed by atoms with Crippen LogP contribution < -0.4 is 10.7 Å². The standard InChI is InChI=1S/C8H16N3O3/c1-8(2,3)14-7(12)10-6-4-9-11(13)5-6/h6,9H,4-5H2,1-3H3,(H,10,12)/q-1. The van der Waals surface area contributed by atoms with Crippen molar-refractivity contribution >= 4 is 6.09 Å². The van der Waals surface area contributed by atoms with Crippen LogP contribution in [-0.4, -0.2) is 36.0 Å². The SMILES string of the molecule is CC(C)(C)OC(=O)NC1CNN([O-])C1. The molecule has 0 bridgehead atoms. The third-order valence-corrected chi connectivity index (χ3v) is 1.62. The molecule has 1 fully saturated rings. The third-order valence-electron chi connectivity index (χ3n) is 1.62. The molecule has 6 nitrogen and oxygen atoms in total. The molecule has 1 aliphatic heterocycles. The van der Waals surface area contributed by atoms with Crippen LogP contribution in [0.2, 0.25) is 0 Å². The topological polar surface area (TPSA) is 76.7 Å². The molecule has 6 heteroatoms. The fourth-order valence-corrected chi connectivity index (χ4v) is 1.11. The number of carbonyl (C=O) groups excluding carboxylic acids is 1. The van der Waals surface area contributed by atoms with Crippen molar-refractivity contribution in [1.82, 2.24) is 15.9 Å². The largest absolute Gasteiger partial charge is 0.772 e. The lowest BCUT2D eigenvalue weighted by atomic mass is 10.2. The summed E-state index contributed by atoms with van der Waals surface area (Å²) in [5.41, 5.74) is 2.04. The van der Waals surface area contributed by atoms with Gasteiger partial charge < -0.3 is 20.4 Å². The van der Waals surface area contributed by atoms with Crippen LogP contribution in [0.5, 0.6) is 0 Å². The van der Waals surface area contributed by atoms with E-state index in [0.29, 0.717) is 11.7 Å². The number of nitrogens with zero attached hydrogens (tertiary/aromatic N) is 1. The van der Waals surface area contributed by atoms with Gasteiger partial charge in [0.15, 0.2) is 0 Å². The molecule has 1 rings (SSSR count). The van der Waals surface area contributed by atoms with E-state index in [0.717, 1.165) is 0 Å². The molecule has 0 aromatic heterocycles. The second kappa shape index (κ2) is 4.12. The molecule has 1 aliphatic rings. The molecule has 0 radical (unpaired) electrons. The van der Waals surface area contributed by atoms with E-state index in [2.05, 4.69) is 10.7 Å². The molecule has 1 unspecified atom stereocenters. The van der Waals surface area contributed by atoms with Crippen molar-refractivity contribution in [2.45, 2.75) is 32.4 Å². The van der Waals surface area contributed by atoms with Gasteiger partial charge in [0.2, 0.25) is 0 Å². The third kappa shape index (κ3) is 3.91. The normalized spacial score (nSPS) is 23.6. The molecule has 1 saturated heterocycles. The monoisotopic (exact) mass is 202 g/mol. The van der Waals surface area contributed by atoms with Gasteiger partial charge in [0.25, 0.3) is 0 Å². The van der Waals surface area contributed by atoms with Crippen LogP contribution in [0.25, 0.3) is 0 Å². The van der Waals surface area contributed by atoms with Gasteiger partial charge in [-0.2, -0.15) is 0 Å². The number of hydrogen-bond donors (Lipinski definition) is 2. The fraction of sp³-hybridized carbons (Fsp3) is 0.875. The Labute approximate surface area is 83.1 Å². The van der Waals surface area contributed by atoms with Crippen LogP contribution in [0.3, 0.4) is 0 Å². The predicted octanol–water partition coefficient (Wildman–Crippen LogP) is 0.198. The van der Waals surface area contributed by atoms with Gasteiger partial charge in [0.1, 0.15) is 5.60 Å². The number of ether oxygens (including phenoxy) is 1. The second-order valence-corrected chi connectivity index (χ2v) is 4.27. The lowest BCUT2D eigenvalue weighted by Gasteiger charge is -2.22.